The Morgan fingerprint density at radius 3 is 2.62 bits per heavy atom. The third-order valence-electron chi connectivity index (χ3n) is 2.59. The van der Waals surface area contributed by atoms with Gasteiger partial charge < -0.3 is 14.9 Å². The molecule has 2 rings (SSSR count). The number of rotatable bonds is 4. The Labute approximate surface area is 124 Å². The number of nitro groups is 1. The fraction of sp³-hybridized carbons (Fsp3) is 0.154. The van der Waals surface area contributed by atoms with Gasteiger partial charge in [0, 0.05) is 10.6 Å². The van der Waals surface area contributed by atoms with Gasteiger partial charge in [0.05, 0.1) is 17.7 Å². The van der Waals surface area contributed by atoms with Gasteiger partial charge in [-0.3, -0.25) is 0 Å². The zero-order chi connectivity index (χ0) is 15.4. The molecule has 0 saturated heterocycles. The summed E-state index contributed by atoms with van der Waals surface area (Å²) in [4.78, 5) is 29.0. The second-order valence-electron chi connectivity index (χ2n) is 3.94. The normalized spacial score (nSPS) is 10.2. The van der Waals surface area contributed by atoms with Gasteiger partial charge >= 0.3 is 11.9 Å². The standard InChI is InChI=1S/C13H10ClN3O4/c1-2-21-12(18)11-5-9(14)3-4-10(11)8-6-15-13(16-7-8)17(19)20/h3-7H,2H2,1H3. The number of ether oxygens (including phenoxy) is 1. The predicted molar refractivity (Wildman–Crippen MR) is 75.1 cm³/mol. The van der Waals surface area contributed by atoms with E-state index in [0.29, 0.717) is 16.1 Å². The van der Waals surface area contributed by atoms with E-state index >= 15 is 0 Å². The topological polar surface area (TPSA) is 95.2 Å². The van der Waals surface area contributed by atoms with Crippen LogP contribution in [0.25, 0.3) is 11.1 Å². The van der Waals surface area contributed by atoms with Crippen LogP contribution in [-0.2, 0) is 4.74 Å². The monoisotopic (exact) mass is 307 g/mol. The van der Waals surface area contributed by atoms with Crippen LogP contribution in [0.1, 0.15) is 17.3 Å². The SMILES string of the molecule is CCOC(=O)c1cc(Cl)ccc1-c1cnc([N+](=O)[O-])nc1. The summed E-state index contributed by atoms with van der Waals surface area (Å²) in [7, 11) is 0. The van der Waals surface area contributed by atoms with Gasteiger partial charge in [-0.2, -0.15) is 0 Å². The molecule has 0 fully saturated rings. The molecule has 1 aromatic heterocycles. The fourth-order valence-electron chi connectivity index (χ4n) is 1.70. The van der Waals surface area contributed by atoms with Gasteiger partial charge in [-0.15, -0.1) is 0 Å². The van der Waals surface area contributed by atoms with Crippen molar-refractivity contribution in [1.29, 1.82) is 0 Å². The van der Waals surface area contributed by atoms with E-state index in [0.717, 1.165) is 0 Å². The van der Waals surface area contributed by atoms with Crippen LogP contribution in [0, 0.1) is 10.1 Å². The number of halogens is 1. The van der Waals surface area contributed by atoms with Crippen molar-refractivity contribution in [1.82, 2.24) is 9.97 Å². The summed E-state index contributed by atoms with van der Waals surface area (Å²) in [5, 5.41) is 10.9. The predicted octanol–water partition coefficient (Wildman–Crippen LogP) is 2.88. The first kappa shape index (κ1) is 14.9. The van der Waals surface area contributed by atoms with Crippen molar-refractivity contribution in [2.45, 2.75) is 6.92 Å². The quantitative estimate of drug-likeness (QED) is 0.489. The van der Waals surface area contributed by atoms with Crippen LogP contribution >= 0.6 is 11.6 Å². The molecule has 0 aliphatic carbocycles. The lowest BCUT2D eigenvalue weighted by Gasteiger charge is -2.08. The number of carbonyl (C=O) groups is 1. The van der Waals surface area contributed by atoms with Crippen LogP contribution in [0.15, 0.2) is 30.6 Å². The minimum Gasteiger partial charge on any atom is -0.462 e. The van der Waals surface area contributed by atoms with Gasteiger partial charge in [0.1, 0.15) is 12.4 Å². The Hall–Kier alpha value is -2.54. The lowest BCUT2D eigenvalue weighted by atomic mass is 10.0. The van der Waals surface area contributed by atoms with Gasteiger partial charge in [0.15, 0.2) is 0 Å². The van der Waals surface area contributed by atoms with Gasteiger partial charge in [-0.25, -0.2) is 4.79 Å². The average Bonchev–Trinajstić information content (AvgIpc) is 2.47. The molecule has 8 heteroatoms. The first-order valence-electron chi connectivity index (χ1n) is 5.96. The molecule has 0 saturated carbocycles. The molecule has 0 spiro atoms. The van der Waals surface area contributed by atoms with Gasteiger partial charge in [-0.1, -0.05) is 27.6 Å². The third-order valence-corrected chi connectivity index (χ3v) is 2.82. The van der Waals surface area contributed by atoms with E-state index in [1.807, 2.05) is 0 Å². The number of benzene rings is 1. The smallest absolute Gasteiger partial charge is 0.462 e. The molecule has 0 bridgehead atoms. The number of hydrogen-bond acceptors (Lipinski definition) is 6. The highest BCUT2D eigenvalue weighted by Gasteiger charge is 2.17. The first-order valence-corrected chi connectivity index (χ1v) is 6.34. The van der Waals surface area contributed by atoms with E-state index in [1.54, 1.807) is 19.1 Å². The second-order valence-corrected chi connectivity index (χ2v) is 4.38. The van der Waals surface area contributed by atoms with E-state index in [4.69, 9.17) is 16.3 Å². The van der Waals surface area contributed by atoms with Gasteiger partial charge in [-0.05, 0) is 24.0 Å². The summed E-state index contributed by atoms with van der Waals surface area (Å²) in [6, 6.07) is 4.68. The lowest BCUT2D eigenvalue weighted by Crippen LogP contribution is -2.07. The van der Waals surface area contributed by atoms with Gasteiger partial charge in [0.2, 0.25) is 0 Å². The summed E-state index contributed by atoms with van der Waals surface area (Å²) in [6.07, 6.45) is 2.55. The Morgan fingerprint density at radius 1 is 1.38 bits per heavy atom. The average molecular weight is 308 g/mol. The van der Waals surface area contributed by atoms with E-state index in [9.17, 15) is 14.9 Å². The van der Waals surface area contributed by atoms with Crippen molar-refractivity contribution in [3.8, 4) is 11.1 Å². The van der Waals surface area contributed by atoms with Crippen LogP contribution in [0.4, 0.5) is 5.95 Å². The molecular formula is C13H10ClN3O4. The Kier molecular flexibility index (Phi) is 4.44. The van der Waals surface area contributed by atoms with Crippen LogP contribution in [0.2, 0.25) is 5.02 Å². The zero-order valence-corrected chi connectivity index (χ0v) is 11.7. The summed E-state index contributed by atoms with van der Waals surface area (Å²) < 4.78 is 4.96. The Balaban J connectivity index is 2.47. The molecule has 7 nitrogen and oxygen atoms in total. The number of carbonyl (C=O) groups excluding carboxylic acids is 1. The highest BCUT2D eigenvalue weighted by atomic mass is 35.5. The molecule has 0 unspecified atom stereocenters. The number of nitrogens with zero attached hydrogens (tertiary/aromatic N) is 3. The summed E-state index contributed by atoms with van der Waals surface area (Å²) in [5.74, 6) is -1.04. The molecular weight excluding hydrogens is 298 g/mol. The number of esters is 1. The van der Waals surface area contributed by atoms with Crippen molar-refractivity contribution in [2.24, 2.45) is 0 Å². The maximum Gasteiger partial charge on any atom is 0.468 e. The maximum atomic E-state index is 11.9. The van der Waals surface area contributed by atoms with E-state index < -0.39 is 16.8 Å². The second kappa shape index (κ2) is 6.27. The van der Waals surface area contributed by atoms with Crippen molar-refractivity contribution in [3.05, 3.63) is 51.3 Å². The minimum absolute atomic E-state index is 0.224. The number of aromatic nitrogens is 2. The van der Waals surface area contributed by atoms with Crippen LogP contribution in [0.5, 0.6) is 0 Å². The minimum atomic E-state index is -0.697. The molecule has 0 N–H and O–H groups in total. The molecule has 0 atom stereocenters. The van der Waals surface area contributed by atoms with Gasteiger partial charge in [0.25, 0.3) is 0 Å². The molecule has 0 radical (unpaired) electrons. The first-order chi connectivity index (χ1) is 10.0. The molecule has 21 heavy (non-hydrogen) atoms. The van der Waals surface area contributed by atoms with Crippen LogP contribution in [-0.4, -0.2) is 27.5 Å². The van der Waals surface area contributed by atoms with E-state index in [1.165, 1.54) is 18.5 Å². The van der Waals surface area contributed by atoms with Crippen molar-refractivity contribution in [3.63, 3.8) is 0 Å². The Morgan fingerprint density at radius 2 is 2.05 bits per heavy atom. The highest BCUT2D eigenvalue weighted by molar-refractivity contribution is 6.31. The largest absolute Gasteiger partial charge is 0.468 e. The zero-order valence-electron chi connectivity index (χ0n) is 10.9. The highest BCUT2D eigenvalue weighted by Crippen LogP contribution is 2.26. The summed E-state index contributed by atoms with van der Waals surface area (Å²) >= 11 is 5.89. The van der Waals surface area contributed by atoms with Crippen LogP contribution in [0.3, 0.4) is 0 Å². The van der Waals surface area contributed by atoms with E-state index in [2.05, 4.69) is 9.97 Å². The van der Waals surface area contributed by atoms with E-state index in [-0.39, 0.29) is 12.2 Å². The third kappa shape index (κ3) is 3.32. The molecule has 108 valence electrons. The summed E-state index contributed by atoms with van der Waals surface area (Å²) in [6.45, 7) is 1.92. The molecule has 0 aliphatic heterocycles. The Bertz CT molecular complexity index is 688. The lowest BCUT2D eigenvalue weighted by molar-refractivity contribution is -0.394. The fourth-order valence-corrected chi connectivity index (χ4v) is 1.87. The molecule has 0 amide bonds. The number of hydrogen-bond donors (Lipinski definition) is 0. The van der Waals surface area contributed by atoms with Crippen molar-refractivity contribution in [2.75, 3.05) is 6.61 Å². The molecule has 1 heterocycles. The molecule has 1 aromatic carbocycles. The van der Waals surface area contributed by atoms with Crippen LogP contribution < -0.4 is 0 Å². The van der Waals surface area contributed by atoms with Crippen molar-refractivity contribution < 1.29 is 14.5 Å². The van der Waals surface area contributed by atoms with Crippen molar-refractivity contribution >= 4 is 23.5 Å². The molecule has 0 aliphatic rings. The maximum absolute atomic E-state index is 11.9. The molecule has 2 aromatic rings. The summed E-state index contributed by atoms with van der Waals surface area (Å²) in [5.41, 5.74) is 1.20.